The number of rotatable bonds is 7. The number of nitrogens with zero attached hydrogens (tertiary/aromatic N) is 1. The number of para-hydroxylation sites is 1. The molecule has 3 rings (SSSR count). The summed E-state index contributed by atoms with van der Waals surface area (Å²) in [5, 5.41) is 15.9. The average Bonchev–Trinajstić information content (AvgIpc) is 2.75. The number of nitrogens with one attached hydrogen (secondary N) is 1. The molecule has 0 aliphatic heterocycles. The third kappa shape index (κ3) is 5.08. The zero-order valence-corrected chi connectivity index (χ0v) is 16.3. The fourth-order valence-corrected chi connectivity index (χ4v) is 3.13. The highest BCUT2D eigenvalue weighted by atomic mass is 16.6. The van der Waals surface area contributed by atoms with Crippen LogP contribution in [0.3, 0.4) is 0 Å². The zero-order chi connectivity index (χ0) is 21.5. The smallest absolute Gasteiger partial charge is 0.331 e. The Labute approximate surface area is 173 Å². The Kier molecular flexibility index (Phi) is 6.54. The first-order valence-electron chi connectivity index (χ1n) is 9.31. The minimum Gasteiger partial charge on any atom is -0.452 e. The molecule has 152 valence electrons. The van der Waals surface area contributed by atoms with Crippen LogP contribution >= 0.6 is 0 Å². The van der Waals surface area contributed by atoms with E-state index in [-0.39, 0.29) is 17.3 Å². The first kappa shape index (κ1) is 20.7. The number of nitro groups is 1. The van der Waals surface area contributed by atoms with Crippen molar-refractivity contribution in [3.8, 4) is 0 Å². The van der Waals surface area contributed by atoms with E-state index in [1.165, 1.54) is 24.3 Å². The van der Waals surface area contributed by atoms with E-state index in [4.69, 9.17) is 4.74 Å². The molecule has 0 saturated carbocycles. The van der Waals surface area contributed by atoms with Gasteiger partial charge in [0.25, 0.3) is 11.6 Å². The van der Waals surface area contributed by atoms with Crippen molar-refractivity contribution in [1.29, 1.82) is 0 Å². The van der Waals surface area contributed by atoms with Gasteiger partial charge in [-0.15, -0.1) is 0 Å². The van der Waals surface area contributed by atoms with Gasteiger partial charge in [-0.05, 0) is 35.4 Å². The highest BCUT2D eigenvalue weighted by Gasteiger charge is 2.14. The van der Waals surface area contributed by atoms with Gasteiger partial charge in [0, 0.05) is 12.1 Å². The van der Waals surface area contributed by atoms with Gasteiger partial charge >= 0.3 is 5.97 Å². The fraction of sp³-hybridized carbons (Fsp3) is 0.130. The van der Waals surface area contributed by atoms with E-state index in [1.54, 1.807) is 6.07 Å². The van der Waals surface area contributed by atoms with Gasteiger partial charge in [0.15, 0.2) is 6.61 Å². The number of hydrogen-bond donors (Lipinski definition) is 1. The highest BCUT2D eigenvalue weighted by Crippen LogP contribution is 2.24. The summed E-state index contributed by atoms with van der Waals surface area (Å²) in [5.41, 5.74) is 1.11. The van der Waals surface area contributed by atoms with Gasteiger partial charge in [-0.1, -0.05) is 54.6 Å². The molecule has 0 aliphatic rings. The molecular weight excluding hydrogens is 384 g/mol. The molecule has 0 unspecified atom stereocenters. The third-order valence-electron chi connectivity index (χ3n) is 4.55. The Hall–Kier alpha value is -4.00. The van der Waals surface area contributed by atoms with Crippen molar-refractivity contribution in [3.05, 3.63) is 94.0 Å². The monoisotopic (exact) mass is 404 g/mol. The van der Waals surface area contributed by atoms with Crippen molar-refractivity contribution in [3.63, 3.8) is 0 Å². The van der Waals surface area contributed by atoms with Crippen LogP contribution in [0.1, 0.15) is 24.1 Å². The first-order valence-corrected chi connectivity index (χ1v) is 9.31. The summed E-state index contributed by atoms with van der Waals surface area (Å²) in [7, 11) is 0. The molecule has 0 aliphatic carbocycles. The van der Waals surface area contributed by atoms with E-state index in [0.717, 1.165) is 22.4 Å². The summed E-state index contributed by atoms with van der Waals surface area (Å²) in [6, 6.07) is 19.5. The summed E-state index contributed by atoms with van der Waals surface area (Å²) in [6.07, 6.45) is 2.35. The maximum absolute atomic E-state index is 12.2. The third-order valence-corrected chi connectivity index (χ3v) is 4.55. The maximum atomic E-state index is 12.2. The predicted molar refractivity (Wildman–Crippen MR) is 114 cm³/mol. The van der Waals surface area contributed by atoms with Crippen molar-refractivity contribution in [2.75, 3.05) is 6.61 Å². The summed E-state index contributed by atoms with van der Waals surface area (Å²) < 4.78 is 4.94. The molecule has 7 nitrogen and oxygen atoms in total. The van der Waals surface area contributed by atoms with E-state index >= 15 is 0 Å². The quantitative estimate of drug-likeness (QED) is 0.276. The SMILES string of the molecule is C[C@H](NC(=O)COC(=O)/C=C/c1ccccc1[N+](=O)[O-])c1cccc2ccccc12. The predicted octanol–water partition coefficient (Wildman–Crippen LogP) is 4.18. The van der Waals surface area contributed by atoms with Crippen LogP contribution in [0.15, 0.2) is 72.8 Å². The first-order chi connectivity index (χ1) is 14.5. The Balaban J connectivity index is 1.57. The Morgan fingerprint density at radius 1 is 1.07 bits per heavy atom. The summed E-state index contributed by atoms with van der Waals surface area (Å²) >= 11 is 0. The normalized spacial score (nSPS) is 11.9. The molecule has 3 aromatic carbocycles. The number of amides is 1. The number of fused-ring (bicyclic) bond motifs is 1. The zero-order valence-electron chi connectivity index (χ0n) is 16.3. The molecule has 1 atom stereocenters. The summed E-state index contributed by atoms with van der Waals surface area (Å²) in [5.74, 6) is -1.20. The molecule has 1 N–H and O–H groups in total. The molecule has 0 heterocycles. The van der Waals surface area contributed by atoms with Crippen LogP contribution in [-0.2, 0) is 14.3 Å². The molecule has 1 amide bonds. The second-order valence-electron chi connectivity index (χ2n) is 6.61. The van der Waals surface area contributed by atoms with Gasteiger partial charge in [0.2, 0.25) is 0 Å². The van der Waals surface area contributed by atoms with Crippen LogP contribution in [-0.4, -0.2) is 23.4 Å². The van der Waals surface area contributed by atoms with Crippen molar-refractivity contribution >= 4 is 34.4 Å². The molecule has 30 heavy (non-hydrogen) atoms. The molecule has 0 fully saturated rings. The van der Waals surface area contributed by atoms with Crippen LogP contribution in [0.2, 0.25) is 0 Å². The van der Waals surface area contributed by atoms with Crippen LogP contribution in [0, 0.1) is 10.1 Å². The number of ether oxygens (including phenoxy) is 1. The summed E-state index contributed by atoms with van der Waals surface area (Å²) in [4.78, 5) is 34.5. The number of nitro benzene ring substituents is 1. The molecule has 7 heteroatoms. The number of esters is 1. The van der Waals surface area contributed by atoms with Crippen LogP contribution in [0.25, 0.3) is 16.8 Å². The van der Waals surface area contributed by atoms with Crippen molar-refractivity contribution in [2.24, 2.45) is 0 Å². The summed E-state index contributed by atoms with van der Waals surface area (Å²) in [6.45, 7) is 1.41. The topological polar surface area (TPSA) is 98.5 Å². The lowest BCUT2D eigenvalue weighted by atomic mass is 10.00. The van der Waals surface area contributed by atoms with Gasteiger partial charge < -0.3 is 10.1 Å². The van der Waals surface area contributed by atoms with Crippen LogP contribution in [0.5, 0.6) is 0 Å². The van der Waals surface area contributed by atoms with Gasteiger partial charge in [0.05, 0.1) is 16.5 Å². The number of hydrogen-bond acceptors (Lipinski definition) is 5. The molecule has 0 aromatic heterocycles. The minimum atomic E-state index is -0.763. The van der Waals surface area contributed by atoms with Crippen molar-refractivity contribution < 1.29 is 19.2 Å². The molecule has 0 radical (unpaired) electrons. The number of carbonyl (C=O) groups excluding carboxylic acids is 2. The van der Waals surface area contributed by atoms with E-state index in [2.05, 4.69) is 5.32 Å². The number of carbonyl (C=O) groups is 2. The van der Waals surface area contributed by atoms with Gasteiger partial charge in [-0.3, -0.25) is 14.9 Å². The number of benzene rings is 3. The molecule has 0 bridgehead atoms. The minimum absolute atomic E-state index is 0.122. The molecular formula is C23H20N2O5. The maximum Gasteiger partial charge on any atom is 0.331 e. The Bertz CT molecular complexity index is 1120. The molecule has 3 aromatic rings. The lowest BCUT2D eigenvalue weighted by molar-refractivity contribution is -0.385. The Morgan fingerprint density at radius 2 is 1.77 bits per heavy atom. The Morgan fingerprint density at radius 3 is 2.57 bits per heavy atom. The highest BCUT2D eigenvalue weighted by molar-refractivity contribution is 5.90. The van der Waals surface area contributed by atoms with E-state index in [1.807, 2.05) is 49.4 Å². The van der Waals surface area contributed by atoms with Gasteiger partial charge in [-0.25, -0.2) is 4.79 Å². The van der Waals surface area contributed by atoms with Crippen molar-refractivity contribution in [2.45, 2.75) is 13.0 Å². The second-order valence-corrected chi connectivity index (χ2v) is 6.61. The van der Waals surface area contributed by atoms with Gasteiger partial charge in [-0.2, -0.15) is 0 Å². The molecule has 0 saturated heterocycles. The van der Waals surface area contributed by atoms with E-state index < -0.39 is 23.4 Å². The largest absolute Gasteiger partial charge is 0.452 e. The second kappa shape index (κ2) is 9.47. The van der Waals surface area contributed by atoms with E-state index in [9.17, 15) is 19.7 Å². The lowest BCUT2D eigenvalue weighted by Crippen LogP contribution is -2.31. The van der Waals surface area contributed by atoms with E-state index in [0.29, 0.717) is 0 Å². The van der Waals surface area contributed by atoms with Gasteiger partial charge in [0.1, 0.15) is 0 Å². The van der Waals surface area contributed by atoms with Crippen LogP contribution < -0.4 is 5.32 Å². The average molecular weight is 404 g/mol. The molecule has 0 spiro atoms. The lowest BCUT2D eigenvalue weighted by Gasteiger charge is -2.16. The standard InChI is InChI=1S/C23H20N2O5/c1-16(19-11-6-9-17-7-2-4-10-20(17)19)24-22(26)15-30-23(27)14-13-18-8-3-5-12-21(18)25(28)29/h2-14,16H,15H2,1H3,(H,24,26)/b14-13+/t16-/m0/s1. The fourth-order valence-electron chi connectivity index (χ4n) is 3.13. The van der Waals surface area contributed by atoms with Crippen LogP contribution in [0.4, 0.5) is 5.69 Å². The van der Waals surface area contributed by atoms with Crippen molar-refractivity contribution in [1.82, 2.24) is 5.32 Å².